The van der Waals surface area contributed by atoms with E-state index in [4.69, 9.17) is 14.2 Å². The number of aliphatic hydroxyl groups is 3. The van der Waals surface area contributed by atoms with E-state index in [9.17, 15) is 24.9 Å². The van der Waals surface area contributed by atoms with E-state index >= 15 is 0 Å². The van der Waals surface area contributed by atoms with E-state index in [0.29, 0.717) is 60.9 Å². The molecular weight excluding hydrogens is 506 g/mol. The Morgan fingerprint density at radius 3 is 2.62 bits per heavy atom. The van der Waals surface area contributed by atoms with Crippen molar-refractivity contribution in [1.82, 2.24) is 15.1 Å². The van der Waals surface area contributed by atoms with E-state index in [0.717, 1.165) is 13.1 Å². The van der Waals surface area contributed by atoms with Gasteiger partial charge in [-0.1, -0.05) is 13.8 Å². The Hall–Kier alpha value is -2.70. The van der Waals surface area contributed by atoms with Crippen LogP contribution in [0.3, 0.4) is 0 Å². The minimum atomic E-state index is -1.13. The number of nitrogens with one attached hydrogen (secondary N) is 1. The number of ether oxygens (including phenoxy) is 3. The molecule has 2 heterocycles. The van der Waals surface area contributed by atoms with Gasteiger partial charge in [0, 0.05) is 50.3 Å². The lowest BCUT2D eigenvalue weighted by atomic mass is 9.77. The zero-order valence-electron chi connectivity index (χ0n) is 23.0. The lowest BCUT2D eigenvalue weighted by Gasteiger charge is -2.41. The van der Waals surface area contributed by atoms with Gasteiger partial charge >= 0.3 is 0 Å². The van der Waals surface area contributed by atoms with Crippen molar-refractivity contribution in [3.63, 3.8) is 0 Å². The maximum Gasteiger partial charge on any atom is 0.247 e. The van der Waals surface area contributed by atoms with Crippen LogP contribution in [0.15, 0.2) is 23.8 Å². The molecule has 0 bridgehead atoms. The maximum atomic E-state index is 13.5. The number of morpholine rings is 1. The molecule has 0 radical (unpaired) electrons. The summed E-state index contributed by atoms with van der Waals surface area (Å²) in [5.41, 5.74) is 1.55. The topological polar surface area (TPSA) is 141 Å². The van der Waals surface area contributed by atoms with E-state index in [2.05, 4.69) is 10.2 Å². The summed E-state index contributed by atoms with van der Waals surface area (Å²) in [7, 11) is 1.49. The fraction of sp³-hybridized carbons (Fsp3) is 0.643. The summed E-state index contributed by atoms with van der Waals surface area (Å²) in [5, 5.41) is 33.6. The van der Waals surface area contributed by atoms with Crippen LogP contribution in [-0.4, -0.2) is 115 Å². The van der Waals surface area contributed by atoms with Gasteiger partial charge in [-0.3, -0.25) is 14.5 Å². The summed E-state index contributed by atoms with van der Waals surface area (Å²) in [6.07, 6.45) is -0.00725. The second-order valence-corrected chi connectivity index (χ2v) is 10.7. The standard InChI is InChI=1S/C28H41N3O8/c1-17(2)12-23(34)31(6-5-30-7-10-38-11-8-30)21-15-20(28(36)29-4-9-32)24-19-13-18(16-33)14-22(37-3)26(19)39-27(24)25(21)35/h13-15,17,21,24-25,27,32-33,35H,4-12,16H2,1-3H3,(H,29,36). The number of hydrogen-bond acceptors (Lipinski definition) is 9. The van der Waals surface area contributed by atoms with Crippen LogP contribution < -0.4 is 14.8 Å². The molecule has 2 amide bonds. The van der Waals surface area contributed by atoms with Gasteiger partial charge in [0.15, 0.2) is 11.5 Å². The van der Waals surface area contributed by atoms with E-state index in [1.165, 1.54) is 7.11 Å². The Bertz CT molecular complexity index is 1060. The second kappa shape index (κ2) is 13.1. The molecule has 0 spiro atoms. The summed E-state index contributed by atoms with van der Waals surface area (Å²) in [4.78, 5) is 30.8. The lowest BCUT2D eigenvalue weighted by Crippen LogP contribution is -2.57. The number of hydrogen-bond donors (Lipinski definition) is 4. The number of nitrogens with zero attached hydrogens (tertiary/aromatic N) is 2. The highest BCUT2D eigenvalue weighted by Crippen LogP contribution is 2.51. The van der Waals surface area contributed by atoms with E-state index < -0.39 is 30.1 Å². The molecule has 39 heavy (non-hydrogen) atoms. The molecule has 1 aromatic rings. The third-order valence-electron chi connectivity index (χ3n) is 7.52. The van der Waals surface area contributed by atoms with Gasteiger partial charge in [-0.05, 0) is 29.7 Å². The van der Waals surface area contributed by atoms with Crippen LogP contribution in [0.4, 0.5) is 0 Å². The monoisotopic (exact) mass is 547 g/mol. The number of fused-ring (bicyclic) bond motifs is 3. The SMILES string of the molecule is COc1cc(CO)cc2c1OC1C2C(C(=O)NCCO)=CC(N(CCN2CCOCC2)C(=O)CC(C)C)C1O. The minimum Gasteiger partial charge on any atom is -0.493 e. The molecule has 2 aliphatic heterocycles. The summed E-state index contributed by atoms with van der Waals surface area (Å²) >= 11 is 0. The number of carbonyl (C=O) groups is 2. The molecule has 1 saturated heterocycles. The summed E-state index contributed by atoms with van der Waals surface area (Å²) < 4.78 is 17.2. The third kappa shape index (κ3) is 6.38. The van der Waals surface area contributed by atoms with Crippen molar-refractivity contribution < 1.29 is 39.1 Å². The van der Waals surface area contributed by atoms with Crippen molar-refractivity contribution in [2.75, 3.05) is 59.7 Å². The van der Waals surface area contributed by atoms with Crippen molar-refractivity contribution >= 4 is 11.8 Å². The molecule has 1 aliphatic carbocycles. The van der Waals surface area contributed by atoms with Gasteiger partial charge in [0.1, 0.15) is 12.2 Å². The average Bonchev–Trinajstić information content (AvgIpc) is 3.32. The molecule has 11 nitrogen and oxygen atoms in total. The first-order valence-corrected chi connectivity index (χ1v) is 13.7. The highest BCUT2D eigenvalue weighted by molar-refractivity contribution is 5.96. The third-order valence-corrected chi connectivity index (χ3v) is 7.52. The zero-order chi connectivity index (χ0) is 28.1. The van der Waals surface area contributed by atoms with Crippen LogP contribution in [0.2, 0.25) is 0 Å². The van der Waals surface area contributed by atoms with Gasteiger partial charge in [0.05, 0.1) is 45.5 Å². The van der Waals surface area contributed by atoms with Gasteiger partial charge < -0.3 is 39.7 Å². The van der Waals surface area contributed by atoms with Crippen LogP contribution in [-0.2, 0) is 20.9 Å². The highest BCUT2D eigenvalue weighted by atomic mass is 16.5. The molecule has 11 heteroatoms. The van der Waals surface area contributed by atoms with E-state index in [-0.39, 0.29) is 31.6 Å². The molecule has 0 aromatic heterocycles. The first-order chi connectivity index (χ1) is 18.8. The summed E-state index contributed by atoms with van der Waals surface area (Å²) in [5.74, 6) is -0.260. The molecule has 4 atom stereocenters. The van der Waals surface area contributed by atoms with Gasteiger partial charge in [0.25, 0.3) is 0 Å². The number of benzene rings is 1. The maximum absolute atomic E-state index is 13.5. The molecule has 4 N–H and O–H groups in total. The Morgan fingerprint density at radius 1 is 1.23 bits per heavy atom. The van der Waals surface area contributed by atoms with Crippen molar-refractivity contribution in [2.45, 2.75) is 51.0 Å². The summed E-state index contributed by atoms with van der Waals surface area (Å²) in [6, 6.07) is 2.62. The zero-order valence-corrected chi connectivity index (χ0v) is 23.0. The predicted octanol–water partition coefficient (Wildman–Crippen LogP) is 0.0170. The molecule has 216 valence electrons. The lowest BCUT2D eigenvalue weighted by molar-refractivity contribution is -0.138. The van der Waals surface area contributed by atoms with Crippen LogP contribution in [0, 0.1) is 5.92 Å². The Morgan fingerprint density at radius 2 is 1.97 bits per heavy atom. The van der Waals surface area contributed by atoms with Crippen molar-refractivity contribution in [2.24, 2.45) is 5.92 Å². The fourth-order valence-corrected chi connectivity index (χ4v) is 5.60. The van der Waals surface area contributed by atoms with E-state index in [1.54, 1.807) is 23.1 Å². The van der Waals surface area contributed by atoms with Crippen LogP contribution in [0.1, 0.15) is 37.3 Å². The molecular formula is C28H41N3O8. The quantitative estimate of drug-likeness (QED) is 0.302. The average molecular weight is 548 g/mol. The van der Waals surface area contributed by atoms with E-state index in [1.807, 2.05) is 13.8 Å². The Labute approximate surface area is 229 Å². The van der Waals surface area contributed by atoms with Gasteiger partial charge in [-0.2, -0.15) is 0 Å². The van der Waals surface area contributed by atoms with Gasteiger partial charge in [-0.25, -0.2) is 0 Å². The molecule has 1 aromatic carbocycles. The predicted molar refractivity (Wildman–Crippen MR) is 142 cm³/mol. The fourth-order valence-electron chi connectivity index (χ4n) is 5.60. The van der Waals surface area contributed by atoms with Crippen LogP contribution >= 0.6 is 0 Å². The van der Waals surface area contributed by atoms with Crippen LogP contribution in [0.25, 0.3) is 0 Å². The Kier molecular flexibility index (Phi) is 9.84. The molecule has 4 unspecified atom stereocenters. The molecule has 3 aliphatic rings. The second-order valence-electron chi connectivity index (χ2n) is 10.7. The highest BCUT2D eigenvalue weighted by Gasteiger charge is 2.51. The molecule has 1 fully saturated rings. The van der Waals surface area contributed by atoms with Crippen LogP contribution in [0.5, 0.6) is 11.5 Å². The number of amides is 2. The minimum absolute atomic E-state index is 0.0571. The first-order valence-electron chi connectivity index (χ1n) is 13.7. The summed E-state index contributed by atoms with van der Waals surface area (Å²) in [6.45, 7) is 7.31. The Balaban J connectivity index is 1.73. The smallest absolute Gasteiger partial charge is 0.247 e. The number of carbonyl (C=O) groups excluding carboxylic acids is 2. The van der Waals surface area contributed by atoms with Gasteiger partial charge in [-0.15, -0.1) is 0 Å². The molecule has 4 rings (SSSR count). The largest absolute Gasteiger partial charge is 0.493 e. The number of methoxy groups -OCH3 is 1. The molecule has 0 saturated carbocycles. The number of aliphatic hydroxyl groups excluding tert-OH is 3. The van der Waals surface area contributed by atoms with Crippen molar-refractivity contribution in [3.8, 4) is 11.5 Å². The normalized spacial score (nSPS) is 24.4. The van der Waals surface area contributed by atoms with Crippen molar-refractivity contribution in [1.29, 1.82) is 0 Å². The number of rotatable bonds is 11. The first kappa shape index (κ1) is 29.3. The van der Waals surface area contributed by atoms with Crippen molar-refractivity contribution in [3.05, 3.63) is 34.9 Å². The van der Waals surface area contributed by atoms with Gasteiger partial charge in [0.2, 0.25) is 11.8 Å².